The Morgan fingerprint density at radius 1 is 1.19 bits per heavy atom. The van der Waals surface area contributed by atoms with Gasteiger partial charge in [-0.1, -0.05) is 24.3 Å². The zero-order valence-corrected chi connectivity index (χ0v) is 18.1. The van der Waals surface area contributed by atoms with Crippen molar-refractivity contribution < 1.29 is 9.13 Å². The van der Waals surface area contributed by atoms with Gasteiger partial charge in [0.25, 0.3) is 0 Å². The summed E-state index contributed by atoms with van der Waals surface area (Å²) in [6, 6.07) is 17.7. The van der Waals surface area contributed by atoms with Gasteiger partial charge in [-0.15, -0.1) is 5.10 Å². The summed E-state index contributed by atoms with van der Waals surface area (Å²) in [5.74, 6) is 1.14. The van der Waals surface area contributed by atoms with Crippen LogP contribution < -0.4 is 15.8 Å². The van der Waals surface area contributed by atoms with Gasteiger partial charge < -0.3 is 15.8 Å². The van der Waals surface area contributed by atoms with E-state index in [9.17, 15) is 4.39 Å². The Morgan fingerprint density at radius 3 is 2.69 bits per heavy atom. The zero-order chi connectivity index (χ0) is 22.7. The Labute approximate surface area is 186 Å². The molecule has 4 aromatic rings. The molecular weight excluding hydrogens is 405 g/mol. The fourth-order valence-electron chi connectivity index (χ4n) is 3.28. The minimum Gasteiger partial charge on any atom is -0.492 e. The monoisotopic (exact) mass is 431 g/mol. The van der Waals surface area contributed by atoms with E-state index in [0.29, 0.717) is 12.4 Å². The molecule has 2 atom stereocenters. The predicted octanol–water partition coefficient (Wildman–Crippen LogP) is 4.99. The average Bonchev–Trinajstić information content (AvgIpc) is 3.21. The van der Waals surface area contributed by atoms with Crippen molar-refractivity contribution in [2.24, 2.45) is 5.73 Å². The topological polar surface area (TPSA) is 77.5 Å². The van der Waals surface area contributed by atoms with Crippen LogP contribution in [0.25, 0.3) is 16.9 Å². The van der Waals surface area contributed by atoms with Crippen molar-refractivity contribution in [3.63, 3.8) is 0 Å². The van der Waals surface area contributed by atoms with E-state index >= 15 is 0 Å². The first kappa shape index (κ1) is 21.5. The van der Waals surface area contributed by atoms with Gasteiger partial charge >= 0.3 is 0 Å². The number of ether oxygens (including phenoxy) is 1. The molecule has 32 heavy (non-hydrogen) atoms. The number of nitrogens with two attached hydrogens (primary N) is 1. The molecule has 7 heteroatoms. The molecule has 3 N–H and O–H groups in total. The lowest BCUT2D eigenvalue weighted by Gasteiger charge is -2.15. The lowest BCUT2D eigenvalue weighted by atomic mass is 10.1. The molecule has 2 aromatic carbocycles. The van der Waals surface area contributed by atoms with Crippen molar-refractivity contribution >= 4 is 11.5 Å². The number of rotatable bonds is 8. The van der Waals surface area contributed by atoms with Gasteiger partial charge in [0.15, 0.2) is 5.65 Å². The van der Waals surface area contributed by atoms with Crippen LogP contribution in [0, 0.1) is 5.82 Å². The largest absolute Gasteiger partial charge is 0.492 e. The standard InChI is InChI=1S/C25H26FN5O/c1-16(2)22(27)15-32-21-9-7-18(8-10-21)23-14-28-25-12-11-24(30-31(23)25)29-17(3)19-5-4-6-20(26)13-19/h4-14,17,22H,1,15,27H2,2-3H3,(H,29,30)/t17-,22-/m1/s1. The highest BCUT2D eigenvalue weighted by molar-refractivity contribution is 5.64. The van der Waals surface area contributed by atoms with E-state index in [1.165, 1.54) is 12.1 Å². The number of hydrogen-bond donors (Lipinski definition) is 2. The summed E-state index contributed by atoms with van der Waals surface area (Å²) in [6.07, 6.45) is 1.79. The zero-order valence-electron chi connectivity index (χ0n) is 18.1. The van der Waals surface area contributed by atoms with E-state index in [-0.39, 0.29) is 17.9 Å². The molecule has 0 fully saturated rings. The number of imidazole rings is 1. The molecule has 0 amide bonds. The van der Waals surface area contributed by atoms with Crippen molar-refractivity contribution in [1.82, 2.24) is 14.6 Å². The summed E-state index contributed by atoms with van der Waals surface area (Å²) in [5.41, 5.74) is 10.2. The maximum Gasteiger partial charge on any atom is 0.154 e. The van der Waals surface area contributed by atoms with Crippen LogP contribution >= 0.6 is 0 Å². The summed E-state index contributed by atoms with van der Waals surface area (Å²) in [7, 11) is 0. The number of hydrogen-bond acceptors (Lipinski definition) is 5. The van der Waals surface area contributed by atoms with E-state index < -0.39 is 0 Å². The molecule has 0 aliphatic carbocycles. The lowest BCUT2D eigenvalue weighted by Crippen LogP contribution is -2.28. The van der Waals surface area contributed by atoms with Crippen LogP contribution in [-0.4, -0.2) is 27.2 Å². The molecule has 6 nitrogen and oxygen atoms in total. The second-order valence-corrected chi connectivity index (χ2v) is 7.84. The number of anilines is 1. The minimum atomic E-state index is -0.259. The molecular formula is C25H26FN5O. The van der Waals surface area contributed by atoms with E-state index in [1.54, 1.807) is 16.8 Å². The first-order chi connectivity index (χ1) is 15.4. The van der Waals surface area contributed by atoms with Crippen LogP contribution in [0.4, 0.5) is 10.2 Å². The third-order valence-electron chi connectivity index (χ3n) is 5.29. The molecule has 0 saturated heterocycles. The molecule has 2 aromatic heterocycles. The Kier molecular flexibility index (Phi) is 6.18. The van der Waals surface area contributed by atoms with Gasteiger partial charge in [-0.05, 0) is 67.9 Å². The van der Waals surface area contributed by atoms with Gasteiger partial charge in [-0.25, -0.2) is 13.9 Å². The second-order valence-electron chi connectivity index (χ2n) is 7.84. The summed E-state index contributed by atoms with van der Waals surface area (Å²) in [5, 5.41) is 8.02. The normalized spacial score (nSPS) is 13.0. The van der Waals surface area contributed by atoms with Gasteiger partial charge in [0.1, 0.15) is 24.0 Å². The van der Waals surface area contributed by atoms with Crippen LogP contribution in [0.1, 0.15) is 25.5 Å². The van der Waals surface area contributed by atoms with Gasteiger partial charge in [-0.3, -0.25) is 0 Å². The summed E-state index contributed by atoms with van der Waals surface area (Å²) < 4.78 is 21.1. The highest BCUT2D eigenvalue weighted by Crippen LogP contribution is 2.25. The number of nitrogens with zero attached hydrogens (tertiary/aromatic N) is 3. The van der Waals surface area contributed by atoms with Crippen molar-refractivity contribution in [3.05, 3.63) is 90.4 Å². The Balaban J connectivity index is 1.53. The maximum atomic E-state index is 13.6. The van der Waals surface area contributed by atoms with Crippen LogP contribution in [0.2, 0.25) is 0 Å². The van der Waals surface area contributed by atoms with Crippen LogP contribution in [-0.2, 0) is 0 Å². The molecule has 0 unspecified atom stereocenters. The van der Waals surface area contributed by atoms with E-state index in [4.69, 9.17) is 15.6 Å². The maximum absolute atomic E-state index is 13.6. The number of nitrogens with one attached hydrogen (secondary N) is 1. The molecule has 0 radical (unpaired) electrons. The highest BCUT2D eigenvalue weighted by Gasteiger charge is 2.11. The summed E-state index contributed by atoms with van der Waals surface area (Å²) in [6.45, 7) is 8.08. The molecule has 164 valence electrons. The molecule has 0 saturated carbocycles. The molecule has 0 spiro atoms. The quantitative estimate of drug-likeness (QED) is 0.384. The van der Waals surface area contributed by atoms with Crippen LogP contribution in [0.3, 0.4) is 0 Å². The smallest absolute Gasteiger partial charge is 0.154 e. The fourth-order valence-corrected chi connectivity index (χ4v) is 3.28. The van der Waals surface area contributed by atoms with E-state index in [0.717, 1.165) is 33.8 Å². The molecule has 4 rings (SSSR count). The molecule has 0 aliphatic heterocycles. The van der Waals surface area contributed by atoms with Gasteiger partial charge in [0.2, 0.25) is 0 Å². The van der Waals surface area contributed by atoms with Crippen molar-refractivity contribution in [1.29, 1.82) is 0 Å². The Hall–Kier alpha value is -3.71. The number of fused-ring (bicyclic) bond motifs is 1. The van der Waals surface area contributed by atoms with Gasteiger partial charge in [-0.2, -0.15) is 0 Å². The molecule has 0 bridgehead atoms. The summed E-state index contributed by atoms with van der Waals surface area (Å²) >= 11 is 0. The van der Waals surface area contributed by atoms with E-state index in [2.05, 4.69) is 16.9 Å². The number of aromatic nitrogens is 3. The van der Waals surface area contributed by atoms with Crippen LogP contribution in [0.5, 0.6) is 5.75 Å². The SMILES string of the molecule is C=C(C)[C@H](N)COc1ccc(-c2cnc3ccc(N[C@H](C)c4cccc(F)c4)nn23)cc1. The Bertz CT molecular complexity index is 1230. The third kappa shape index (κ3) is 4.78. The van der Waals surface area contributed by atoms with Crippen molar-refractivity contribution in [3.8, 4) is 17.0 Å². The first-order valence-electron chi connectivity index (χ1n) is 10.4. The van der Waals surface area contributed by atoms with Crippen molar-refractivity contribution in [2.75, 3.05) is 11.9 Å². The lowest BCUT2D eigenvalue weighted by molar-refractivity contribution is 0.302. The predicted molar refractivity (Wildman–Crippen MR) is 125 cm³/mol. The third-order valence-corrected chi connectivity index (χ3v) is 5.29. The van der Waals surface area contributed by atoms with Gasteiger partial charge in [0.05, 0.1) is 24.0 Å². The van der Waals surface area contributed by atoms with Crippen LogP contribution in [0.15, 0.2) is 79.0 Å². The molecule has 0 aliphatic rings. The Morgan fingerprint density at radius 2 is 1.97 bits per heavy atom. The highest BCUT2D eigenvalue weighted by atomic mass is 19.1. The van der Waals surface area contributed by atoms with Crippen molar-refractivity contribution in [2.45, 2.75) is 25.9 Å². The second kappa shape index (κ2) is 9.20. The average molecular weight is 432 g/mol. The number of halogens is 1. The minimum absolute atomic E-state index is 0.107. The number of benzene rings is 2. The van der Waals surface area contributed by atoms with Gasteiger partial charge in [0, 0.05) is 5.56 Å². The molecule has 2 heterocycles. The summed E-state index contributed by atoms with van der Waals surface area (Å²) in [4.78, 5) is 4.45. The van der Waals surface area contributed by atoms with E-state index in [1.807, 2.05) is 56.3 Å². The first-order valence-corrected chi connectivity index (χ1v) is 10.4. The fraction of sp³-hybridized carbons (Fsp3) is 0.200.